The molecule has 4 heteroatoms. The SMILES string of the molecule is CC(C)(C)OC(=O)NCCNC1CCC1. The zero-order chi connectivity index (χ0) is 11.3. The van der Waals surface area contributed by atoms with Gasteiger partial charge in [0.05, 0.1) is 0 Å². The quantitative estimate of drug-likeness (QED) is 0.700. The summed E-state index contributed by atoms with van der Waals surface area (Å²) in [6.07, 6.45) is 3.54. The lowest BCUT2D eigenvalue weighted by Crippen LogP contribution is -2.41. The Bertz CT molecular complexity index is 207. The number of rotatable bonds is 4. The molecule has 1 rings (SSSR count). The predicted octanol–water partition coefficient (Wildman–Crippen LogP) is 1.65. The average Bonchev–Trinajstić information content (AvgIpc) is 1.96. The van der Waals surface area contributed by atoms with Crippen LogP contribution in [0.3, 0.4) is 0 Å². The molecule has 1 saturated carbocycles. The molecule has 2 N–H and O–H groups in total. The molecule has 0 aromatic carbocycles. The van der Waals surface area contributed by atoms with E-state index in [0.717, 1.165) is 6.54 Å². The molecule has 0 heterocycles. The fourth-order valence-corrected chi connectivity index (χ4v) is 1.37. The molecular weight excluding hydrogens is 192 g/mol. The van der Waals surface area contributed by atoms with E-state index in [0.29, 0.717) is 12.6 Å². The molecule has 0 aliphatic heterocycles. The number of nitrogens with one attached hydrogen (secondary N) is 2. The Morgan fingerprint density at radius 1 is 1.33 bits per heavy atom. The Morgan fingerprint density at radius 2 is 2.00 bits per heavy atom. The summed E-state index contributed by atoms with van der Waals surface area (Å²) in [6.45, 7) is 7.03. The van der Waals surface area contributed by atoms with E-state index in [-0.39, 0.29) is 6.09 Å². The summed E-state index contributed by atoms with van der Waals surface area (Å²) in [5.41, 5.74) is -0.411. The lowest BCUT2D eigenvalue weighted by molar-refractivity contribution is 0.0527. The average molecular weight is 214 g/mol. The maximum atomic E-state index is 11.2. The zero-order valence-electron chi connectivity index (χ0n) is 9.93. The monoisotopic (exact) mass is 214 g/mol. The summed E-state index contributed by atoms with van der Waals surface area (Å²) in [5.74, 6) is 0. The van der Waals surface area contributed by atoms with E-state index >= 15 is 0 Å². The van der Waals surface area contributed by atoms with Gasteiger partial charge in [-0.3, -0.25) is 0 Å². The Kier molecular flexibility index (Phi) is 4.39. The second-order valence-corrected chi connectivity index (χ2v) is 5.01. The molecule has 1 aliphatic rings. The number of carbonyl (C=O) groups excluding carboxylic acids is 1. The van der Waals surface area contributed by atoms with Crippen molar-refractivity contribution in [3.05, 3.63) is 0 Å². The molecule has 15 heavy (non-hydrogen) atoms. The standard InChI is InChI=1S/C11H22N2O2/c1-11(2,3)15-10(14)13-8-7-12-9-5-4-6-9/h9,12H,4-8H2,1-3H3,(H,13,14). The van der Waals surface area contributed by atoms with Crippen LogP contribution in [0.15, 0.2) is 0 Å². The highest BCUT2D eigenvalue weighted by molar-refractivity contribution is 5.67. The number of alkyl carbamates (subject to hydrolysis) is 1. The smallest absolute Gasteiger partial charge is 0.407 e. The third-order valence-corrected chi connectivity index (χ3v) is 2.33. The van der Waals surface area contributed by atoms with Crippen molar-refractivity contribution in [3.63, 3.8) is 0 Å². The minimum atomic E-state index is -0.411. The molecule has 1 fully saturated rings. The molecule has 0 saturated heterocycles. The third-order valence-electron chi connectivity index (χ3n) is 2.33. The van der Waals surface area contributed by atoms with Gasteiger partial charge in [-0.25, -0.2) is 4.79 Å². The van der Waals surface area contributed by atoms with Gasteiger partial charge in [0.15, 0.2) is 0 Å². The number of ether oxygens (including phenoxy) is 1. The van der Waals surface area contributed by atoms with Crippen molar-refractivity contribution in [2.24, 2.45) is 0 Å². The first-order valence-electron chi connectivity index (χ1n) is 5.67. The predicted molar refractivity (Wildman–Crippen MR) is 59.9 cm³/mol. The van der Waals surface area contributed by atoms with Crippen molar-refractivity contribution in [2.45, 2.75) is 51.7 Å². The normalized spacial score (nSPS) is 17.0. The van der Waals surface area contributed by atoms with Crippen molar-refractivity contribution in [2.75, 3.05) is 13.1 Å². The van der Waals surface area contributed by atoms with Gasteiger partial charge < -0.3 is 15.4 Å². The van der Waals surface area contributed by atoms with E-state index in [2.05, 4.69) is 10.6 Å². The van der Waals surface area contributed by atoms with Crippen molar-refractivity contribution >= 4 is 6.09 Å². The highest BCUT2D eigenvalue weighted by atomic mass is 16.6. The summed E-state index contributed by atoms with van der Waals surface area (Å²) < 4.78 is 5.11. The molecule has 0 bridgehead atoms. The largest absolute Gasteiger partial charge is 0.444 e. The third kappa shape index (κ3) is 5.62. The minimum absolute atomic E-state index is 0.335. The van der Waals surface area contributed by atoms with Crippen molar-refractivity contribution in [1.82, 2.24) is 10.6 Å². The molecule has 4 nitrogen and oxygen atoms in total. The summed E-state index contributed by atoms with van der Waals surface area (Å²) in [7, 11) is 0. The van der Waals surface area contributed by atoms with Crippen LogP contribution in [-0.2, 0) is 4.74 Å². The second kappa shape index (κ2) is 5.35. The molecule has 0 aromatic rings. The van der Waals surface area contributed by atoms with Crippen LogP contribution < -0.4 is 10.6 Å². The lowest BCUT2D eigenvalue weighted by Gasteiger charge is -2.26. The summed E-state index contributed by atoms with van der Waals surface area (Å²) in [4.78, 5) is 11.2. The first-order valence-corrected chi connectivity index (χ1v) is 5.67. The molecular formula is C11H22N2O2. The van der Waals surface area contributed by atoms with Crippen molar-refractivity contribution in [1.29, 1.82) is 0 Å². The number of hydrogen-bond donors (Lipinski definition) is 2. The molecule has 0 radical (unpaired) electrons. The van der Waals surface area contributed by atoms with Crippen LogP contribution >= 0.6 is 0 Å². The molecule has 0 atom stereocenters. The first-order chi connectivity index (χ1) is 6.97. The van der Waals surface area contributed by atoms with Gasteiger partial charge in [0.2, 0.25) is 0 Å². The van der Waals surface area contributed by atoms with E-state index in [1.165, 1.54) is 19.3 Å². The van der Waals surface area contributed by atoms with Gasteiger partial charge in [0.25, 0.3) is 0 Å². The first kappa shape index (κ1) is 12.3. The maximum absolute atomic E-state index is 11.2. The number of hydrogen-bond acceptors (Lipinski definition) is 3. The lowest BCUT2D eigenvalue weighted by atomic mass is 9.93. The summed E-state index contributed by atoms with van der Waals surface area (Å²) in [6, 6.07) is 0.672. The van der Waals surface area contributed by atoms with Crippen LogP contribution in [0.25, 0.3) is 0 Å². The van der Waals surface area contributed by atoms with Gasteiger partial charge in [-0.05, 0) is 33.6 Å². The van der Waals surface area contributed by atoms with Crippen LogP contribution in [-0.4, -0.2) is 30.8 Å². The highest BCUT2D eigenvalue weighted by Crippen LogP contribution is 2.17. The van der Waals surface area contributed by atoms with Crippen molar-refractivity contribution < 1.29 is 9.53 Å². The van der Waals surface area contributed by atoms with Gasteiger partial charge >= 0.3 is 6.09 Å². The van der Waals surface area contributed by atoms with Crippen LogP contribution in [0.5, 0.6) is 0 Å². The van der Waals surface area contributed by atoms with Crippen molar-refractivity contribution in [3.8, 4) is 0 Å². The highest BCUT2D eigenvalue weighted by Gasteiger charge is 2.17. The molecule has 0 spiro atoms. The summed E-state index contributed by atoms with van der Waals surface area (Å²) >= 11 is 0. The van der Waals surface area contributed by atoms with Gasteiger partial charge in [-0.1, -0.05) is 6.42 Å². The number of carbonyl (C=O) groups is 1. The molecule has 0 aromatic heterocycles. The topological polar surface area (TPSA) is 50.4 Å². The molecule has 0 unspecified atom stereocenters. The fourth-order valence-electron chi connectivity index (χ4n) is 1.37. The van der Waals surface area contributed by atoms with Crippen LogP contribution in [0.4, 0.5) is 4.79 Å². The molecule has 1 amide bonds. The van der Waals surface area contributed by atoms with Gasteiger partial charge in [0.1, 0.15) is 5.60 Å². The van der Waals surface area contributed by atoms with E-state index in [1.807, 2.05) is 20.8 Å². The summed E-state index contributed by atoms with van der Waals surface area (Å²) in [5, 5.41) is 6.09. The second-order valence-electron chi connectivity index (χ2n) is 5.01. The van der Waals surface area contributed by atoms with Gasteiger partial charge in [0, 0.05) is 19.1 Å². The van der Waals surface area contributed by atoms with E-state index < -0.39 is 5.60 Å². The maximum Gasteiger partial charge on any atom is 0.407 e. The van der Waals surface area contributed by atoms with Crippen LogP contribution in [0.2, 0.25) is 0 Å². The Labute approximate surface area is 91.8 Å². The van der Waals surface area contributed by atoms with E-state index in [4.69, 9.17) is 4.74 Å². The minimum Gasteiger partial charge on any atom is -0.444 e. The Balaban J connectivity index is 1.96. The van der Waals surface area contributed by atoms with E-state index in [9.17, 15) is 4.79 Å². The molecule has 88 valence electrons. The van der Waals surface area contributed by atoms with Gasteiger partial charge in [-0.15, -0.1) is 0 Å². The Hall–Kier alpha value is -0.770. The van der Waals surface area contributed by atoms with Gasteiger partial charge in [-0.2, -0.15) is 0 Å². The van der Waals surface area contributed by atoms with E-state index in [1.54, 1.807) is 0 Å². The van der Waals surface area contributed by atoms with Crippen LogP contribution in [0, 0.1) is 0 Å². The Morgan fingerprint density at radius 3 is 2.47 bits per heavy atom. The number of amides is 1. The zero-order valence-corrected chi connectivity index (χ0v) is 9.93. The molecule has 1 aliphatic carbocycles. The fraction of sp³-hybridized carbons (Fsp3) is 0.909. The van der Waals surface area contributed by atoms with Crippen LogP contribution in [0.1, 0.15) is 40.0 Å².